The molecule has 6 heteroatoms. The van der Waals surface area contributed by atoms with Gasteiger partial charge in [0.25, 0.3) is 0 Å². The van der Waals surface area contributed by atoms with Crippen molar-refractivity contribution < 1.29 is 14.0 Å². The maximum absolute atomic E-state index is 12.8. The summed E-state index contributed by atoms with van der Waals surface area (Å²) in [4.78, 5) is 23.6. The van der Waals surface area contributed by atoms with Crippen molar-refractivity contribution in [2.45, 2.75) is 26.7 Å². The molecule has 0 saturated heterocycles. The lowest BCUT2D eigenvalue weighted by Gasteiger charge is -2.09. The summed E-state index contributed by atoms with van der Waals surface area (Å²) in [6, 6.07) is 11.5. The molecule has 0 unspecified atom stereocenters. The molecule has 2 aromatic carbocycles. The number of carbonyl (C=O) groups excluding carboxylic acids is 2. The highest BCUT2D eigenvalue weighted by Gasteiger charge is 2.08. The second kappa shape index (κ2) is 8.73. The van der Waals surface area contributed by atoms with Gasteiger partial charge in [0.15, 0.2) is 0 Å². The summed E-state index contributed by atoms with van der Waals surface area (Å²) >= 11 is 0. The number of anilines is 1. The Morgan fingerprint density at radius 3 is 2.44 bits per heavy atom. The van der Waals surface area contributed by atoms with E-state index in [1.807, 2.05) is 32.0 Å². The molecule has 5 nitrogen and oxygen atoms in total. The molecule has 25 heavy (non-hydrogen) atoms. The second-order valence-electron chi connectivity index (χ2n) is 5.71. The van der Waals surface area contributed by atoms with Gasteiger partial charge in [0.05, 0.1) is 6.21 Å². The third-order valence-corrected chi connectivity index (χ3v) is 3.52. The van der Waals surface area contributed by atoms with E-state index in [2.05, 4.69) is 15.8 Å². The van der Waals surface area contributed by atoms with Crippen LogP contribution < -0.4 is 10.7 Å². The van der Waals surface area contributed by atoms with Crippen LogP contribution in [0.15, 0.2) is 47.6 Å². The van der Waals surface area contributed by atoms with E-state index in [1.54, 1.807) is 12.1 Å². The molecule has 0 aromatic heterocycles. The van der Waals surface area contributed by atoms with Gasteiger partial charge in [0, 0.05) is 18.5 Å². The highest BCUT2D eigenvalue weighted by molar-refractivity contribution is 5.94. The Hall–Kier alpha value is -3.02. The average molecular weight is 341 g/mol. The fourth-order valence-corrected chi connectivity index (χ4v) is 2.09. The van der Waals surface area contributed by atoms with Crippen molar-refractivity contribution >= 4 is 23.7 Å². The van der Waals surface area contributed by atoms with Crippen LogP contribution >= 0.6 is 0 Å². The van der Waals surface area contributed by atoms with Gasteiger partial charge in [-0.15, -0.1) is 0 Å². The smallest absolute Gasteiger partial charge is 0.240 e. The molecule has 0 aliphatic heterocycles. The summed E-state index contributed by atoms with van der Waals surface area (Å²) in [6.07, 6.45) is 1.50. The van der Waals surface area contributed by atoms with Gasteiger partial charge in [-0.3, -0.25) is 9.59 Å². The maximum atomic E-state index is 12.8. The first-order valence-electron chi connectivity index (χ1n) is 7.88. The molecule has 0 fully saturated rings. The minimum Gasteiger partial charge on any atom is -0.326 e. The first kappa shape index (κ1) is 18.3. The highest BCUT2D eigenvalue weighted by Crippen LogP contribution is 2.16. The Bertz CT molecular complexity index is 786. The van der Waals surface area contributed by atoms with Crippen molar-refractivity contribution in [1.29, 1.82) is 0 Å². The minimum absolute atomic E-state index is 0.0253. The van der Waals surface area contributed by atoms with Crippen LogP contribution in [0.5, 0.6) is 0 Å². The van der Waals surface area contributed by atoms with E-state index in [0.29, 0.717) is 5.56 Å². The monoisotopic (exact) mass is 341 g/mol. The molecule has 0 bridgehead atoms. The standard InChI is InChI=1S/C19H20FN3O2/c1-13-3-4-14(2)17(11-13)22-18(24)9-10-19(25)23-21-12-15-5-7-16(20)8-6-15/h3-8,11-12H,9-10H2,1-2H3,(H,22,24)(H,23,25)/b21-12+. The number of amides is 2. The average Bonchev–Trinajstić information content (AvgIpc) is 2.58. The number of nitrogens with zero attached hydrogens (tertiary/aromatic N) is 1. The number of nitrogens with one attached hydrogen (secondary N) is 2. The number of halogens is 1. The Labute approximate surface area is 145 Å². The fourth-order valence-electron chi connectivity index (χ4n) is 2.09. The number of hydrogen-bond acceptors (Lipinski definition) is 3. The lowest BCUT2D eigenvalue weighted by atomic mass is 10.1. The lowest BCUT2D eigenvalue weighted by Crippen LogP contribution is -2.20. The van der Waals surface area contributed by atoms with E-state index < -0.39 is 0 Å². The molecule has 0 spiro atoms. The van der Waals surface area contributed by atoms with Crippen molar-refractivity contribution in [3.63, 3.8) is 0 Å². The van der Waals surface area contributed by atoms with Gasteiger partial charge in [0.1, 0.15) is 5.82 Å². The van der Waals surface area contributed by atoms with Crippen molar-refractivity contribution in [2.75, 3.05) is 5.32 Å². The topological polar surface area (TPSA) is 70.6 Å². The molecule has 0 atom stereocenters. The van der Waals surface area contributed by atoms with Crippen LogP contribution in [0.1, 0.15) is 29.5 Å². The van der Waals surface area contributed by atoms with Crippen molar-refractivity contribution in [3.05, 3.63) is 65.0 Å². The van der Waals surface area contributed by atoms with Gasteiger partial charge in [-0.25, -0.2) is 9.82 Å². The number of benzene rings is 2. The second-order valence-corrected chi connectivity index (χ2v) is 5.71. The largest absolute Gasteiger partial charge is 0.326 e. The van der Waals surface area contributed by atoms with E-state index in [4.69, 9.17) is 0 Å². The van der Waals surface area contributed by atoms with Crippen LogP contribution in [0.2, 0.25) is 0 Å². The molecule has 0 saturated carbocycles. The van der Waals surface area contributed by atoms with Gasteiger partial charge in [0.2, 0.25) is 11.8 Å². The minimum atomic E-state index is -0.366. The molecule has 0 aliphatic carbocycles. The van der Waals surface area contributed by atoms with Crippen LogP contribution in [0.4, 0.5) is 10.1 Å². The molecule has 2 N–H and O–H groups in total. The molecule has 2 aromatic rings. The van der Waals surface area contributed by atoms with Gasteiger partial charge in [-0.1, -0.05) is 24.3 Å². The van der Waals surface area contributed by atoms with Crippen molar-refractivity contribution in [3.8, 4) is 0 Å². The normalized spacial score (nSPS) is 10.7. The number of hydrazone groups is 1. The van der Waals surface area contributed by atoms with E-state index in [1.165, 1.54) is 18.3 Å². The quantitative estimate of drug-likeness (QED) is 0.625. The first-order chi connectivity index (χ1) is 11.9. The predicted molar refractivity (Wildman–Crippen MR) is 95.9 cm³/mol. The summed E-state index contributed by atoms with van der Waals surface area (Å²) in [5, 5.41) is 6.58. The number of carbonyl (C=O) groups is 2. The van der Waals surface area contributed by atoms with Crippen molar-refractivity contribution in [1.82, 2.24) is 5.43 Å². The molecule has 0 aliphatic rings. The van der Waals surface area contributed by atoms with Crippen LogP contribution in [-0.2, 0) is 9.59 Å². The van der Waals surface area contributed by atoms with Crippen molar-refractivity contribution in [2.24, 2.45) is 5.10 Å². The number of aryl methyl sites for hydroxylation is 2. The fraction of sp³-hybridized carbons (Fsp3) is 0.211. The molecular weight excluding hydrogens is 321 g/mol. The third kappa shape index (κ3) is 6.18. The molecule has 2 rings (SSSR count). The molecule has 0 radical (unpaired) electrons. The molecular formula is C19H20FN3O2. The SMILES string of the molecule is Cc1ccc(C)c(NC(=O)CCC(=O)N/N=C/c2ccc(F)cc2)c1. The Balaban J connectivity index is 1.76. The van der Waals surface area contributed by atoms with Gasteiger partial charge < -0.3 is 5.32 Å². The molecule has 0 heterocycles. The zero-order chi connectivity index (χ0) is 18.2. The Morgan fingerprint density at radius 1 is 1.04 bits per heavy atom. The van der Waals surface area contributed by atoms with Crippen LogP contribution in [-0.4, -0.2) is 18.0 Å². The summed E-state index contributed by atoms with van der Waals surface area (Å²) in [5.41, 5.74) is 5.77. The van der Waals surface area contributed by atoms with Gasteiger partial charge >= 0.3 is 0 Å². The van der Waals surface area contributed by atoms with Gasteiger partial charge in [-0.2, -0.15) is 5.10 Å². The highest BCUT2D eigenvalue weighted by atomic mass is 19.1. The van der Waals surface area contributed by atoms with E-state index in [-0.39, 0.29) is 30.5 Å². The predicted octanol–water partition coefficient (Wildman–Crippen LogP) is 3.31. The zero-order valence-corrected chi connectivity index (χ0v) is 14.2. The summed E-state index contributed by atoms with van der Waals surface area (Å²) in [7, 11) is 0. The maximum Gasteiger partial charge on any atom is 0.240 e. The number of rotatable bonds is 6. The molecule has 2 amide bonds. The van der Waals surface area contributed by atoms with E-state index in [9.17, 15) is 14.0 Å². The van der Waals surface area contributed by atoms with Gasteiger partial charge in [-0.05, 0) is 48.7 Å². The Morgan fingerprint density at radius 2 is 1.72 bits per heavy atom. The lowest BCUT2D eigenvalue weighted by molar-refractivity contribution is -0.124. The van der Waals surface area contributed by atoms with Crippen LogP contribution in [0.3, 0.4) is 0 Å². The summed E-state index contributed by atoms with van der Waals surface area (Å²) in [5.74, 6) is -0.933. The third-order valence-electron chi connectivity index (χ3n) is 3.52. The molecule has 130 valence electrons. The summed E-state index contributed by atoms with van der Waals surface area (Å²) in [6.45, 7) is 3.85. The van der Waals surface area contributed by atoms with E-state index in [0.717, 1.165) is 16.8 Å². The zero-order valence-electron chi connectivity index (χ0n) is 14.2. The number of hydrogen-bond donors (Lipinski definition) is 2. The summed E-state index contributed by atoms with van der Waals surface area (Å²) < 4.78 is 12.8. The van der Waals surface area contributed by atoms with E-state index >= 15 is 0 Å². The van der Waals surface area contributed by atoms with Crippen LogP contribution in [0.25, 0.3) is 0 Å². The Kier molecular flexibility index (Phi) is 6.39. The van der Waals surface area contributed by atoms with Crippen LogP contribution in [0, 0.1) is 19.7 Å². The first-order valence-corrected chi connectivity index (χ1v) is 7.88.